The molecule has 218 valence electrons. The summed E-state index contributed by atoms with van der Waals surface area (Å²) in [6.45, 7) is 3.34. The molecule has 3 aromatic rings. The first-order chi connectivity index (χ1) is 19.7. The molecule has 0 unspecified atom stereocenters. The number of barbiturate groups is 1. The van der Waals surface area contributed by atoms with Gasteiger partial charge in [-0.05, 0) is 90.0 Å². The van der Waals surface area contributed by atoms with Crippen LogP contribution in [0, 0.1) is 20.6 Å². The van der Waals surface area contributed by atoms with Crippen molar-refractivity contribution in [1.82, 2.24) is 5.32 Å². The standard InChI is InChI=1S/C27H18ClF3IN3O7/c1-3-41-22-11-14(9-16-24(36)33-26(38)34(25(16)37)19-6-4-5-17(28)13(19)2)10-18(32)23(22)42-21-8-7-15(27(29,30)31)12-20(21)35(39)40/h4-12H,3H2,1-2H3,(H,33,36,38)/b16-9+. The number of rotatable bonds is 7. The van der Waals surface area contributed by atoms with Gasteiger partial charge in [-0.2, -0.15) is 13.2 Å². The fraction of sp³-hybridized carbons (Fsp3) is 0.148. The highest BCUT2D eigenvalue weighted by Crippen LogP contribution is 2.43. The van der Waals surface area contributed by atoms with Crippen molar-refractivity contribution in [2.24, 2.45) is 0 Å². The molecule has 4 rings (SSSR count). The van der Waals surface area contributed by atoms with Crippen molar-refractivity contribution >= 4 is 69.5 Å². The number of halogens is 5. The van der Waals surface area contributed by atoms with Gasteiger partial charge in [0.05, 0.1) is 26.4 Å². The molecule has 1 heterocycles. The summed E-state index contributed by atoms with van der Waals surface area (Å²) in [5.74, 6) is -2.36. The Morgan fingerprint density at radius 3 is 2.48 bits per heavy atom. The van der Waals surface area contributed by atoms with E-state index in [0.717, 1.165) is 11.0 Å². The van der Waals surface area contributed by atoms with E-state index in [1.165, 1.54) is 24.3 Å². The van der Waals surface area contributed by atoms with Gasteiger partial charge in [0, 0.05) is 11.1 Å². The molecule has 0 saturated carbocycles. The predicted octanol–water partition coefficient (Wildman–Crippen LogP) is 7.04. The molecule has 42 heavy (non-hydrogen) atoms. The highest BCUT2D eigenvalue weighted by atomic mass is 127. The van der Waals surface area contributed by atoms with Crippen LogP contribution in [0.5, 0.6) is 17.2 Å². The SMILES string of the molecule is CCOc1cc(/C=C2\C(=O)NC(=O)N(c3cccc(Cl)c3C)C2=O)cc(I)c1Oc1ccc(C(F)(F)F)cc1[N+](=O)[O-]. The van der Waals surface area contributed by atoms with E-state index in [1.807, 2.05) is 22.6 Å². The second-order valence-corrected chi connectivity index (χ2v) is 10.2. The van der Waals surface area contributed by atoms with E-state index in [-0.39, 0.29) is 38.5 Å². The van der Waals surface area contributed by atoms with Crippen molar-refractivity contribution in [1.29, 1.82) is 0 Å². The number of hydrogen-bond acceptors (Lipinski definition) is 7. The van der Waals surface area contributed by atoms with Crippen molar-refractivity contribution < 1.29 is 42.0 Å². The number of alkyl halides is 3. The number of amides is 4. The Labute approximate surface area is 254 Å². The zero-order valence-electron chi connectivity index (χ0n) is 21.5. The van der Waals surface area contributed by atoms with Crippen molar-refractivity contribution in [2.45, 2.75) is 20.0 Å². The number of benzene rings is 3. The number of imide groups is 2. The molecule has 0 radical (unpaired) electrons. The van der Waals surface area contributed by atoms with Crippen LogP contribution in [0.4, 0.5) is 29.3 Å². The van der Waals surface area contributed by atoms with Gasteiger partial charge in [0.1, 0.15) is 5.57 Å². The molecule has 1 fully saturated rings. The Morgan fingerprint density at radius 1 is 1.12 bits per heavy atom. The van der Waals surface area contributed by atoms with Crippen LogP contribution in [0.2, 0.25) is 5.02 Å². The van der Waals surface area contributed by atoms with Crippen molar-refractivity contribution in [3.63, 3.8) is 0 Å². The molecule has 1 aliphatic rings. The van der Waals surface area contributed by atoms with Gasteiger partial charge < -0.3 is 9.47 Å². The average molecular weight is 716 g/mol. The van der Waals surface area contributed by atoms with E-state index < -0.39 is 45.9 Å². The molecular weight excluding hydrogens is 698 g/mol. The van der Waals surface area contributed by atoms with Gasteiger partial charge >= 0.3 is 17.9 Å². The molecule has 0 aliphatic carbocycles. The summed E-state index contributed by atoms with van der Waals surface area (Å²) < 4.78 is 50.9. The largest absolute Gasteiger partial charge is 0.490 e. The Morgan fingerprint density at radius 2 is 1.83 bits per heavy atom. The van der Waals surface area contributed by atoms with E-state index in [2.05, 4.69) is 5.32 Å². The third kappa shape index (κ3) is 6.18. The van der Waals surface area contributed by atoms with Gasteiger partial charge in [-0.1, -0.05) is 17.7 Å². The molecule has 1 N–H and O–H groups in total. The van der Waals surface area contributed by atoms with Crippen LogP contribution < -0.4 is 19.7 Å². The fourth-order valence-corrected chi connectivity index (χ4v) is 4.85. The van der Waals surface area contributed by atoms with E-state index in [0.29, 0.717) is 22.7 Å². The first-order valence-corrected chi connectivity index (χ1v) is 13.3. The summed E-state index contributed by atoms with van der Waals surface area (Å²) in [6.07, 6.45) is -3.59. The minimum atomic E-state index is -4.81. The molecule has 0 aromatic heterocycles. The Bertz CT molecular complexity index is 1680. The van der Waals surface area contributed by atoms with Crippen molar-refractivity contribution in [2.75, 3.05) is 11.5 Å². The zero-order valence-corrected chi connectivity index (χ0v) is 24.5. The summed E-state index contributed by atoms with van der Waals surface area (Å²) in [5, 5.41) is 13.9. The lowest BCUT2D eigenvalue weighted by Crippen LogP contribution is -2.54. The number of hydrogen-bond donors (Lipinski definition) is 1. The number of nitro groups is 1. The van der Waals surface area contributed by atoms with Crippen LogP contribution in [-0.2, 0) is 15.8 Å². The zero-order chi connectivity index (χ0) is 30.9. The number of nitrogens with one attached hydrogen (secondary N) is 1. The van der Waals surface area contributed by atoms with Gasteiger partial charge in [0.15, 0.2) is 11.5 Å². The maximum absolute atomic E-state index is 13.3. The second-order valence-electron chi connectivity index (χ2n) is 8.64. The lowest BCUT2D eigenvalue weighted by molar-refractivity contribution is -0.385. The summed E-state index contributed by atoms with van der Waals surface area (Å²) in [5.41, 5.74) is -1.66. The van der Waals surface area contributed by atoms with E-state index in [9.17, 15) is 37.7 Å². The van der Waals surface area contributed by atoms with E-state index in [1.54, 1.807) is 26.0 Å². The molecule has 10 nitrogen and oxygen atoms in total. The van der Waals surface area contributed by atoms with E-state index >= 15 is 0 Å². The summed E-state index contributed by atoms with van der Waals surface area (Å²) in [6, 6.07) is 8.32. The molecule has 0 bridgehead atoms. The third-order valence-electron chi connectivity index (χ3n) is 5.92. The van der Waals surface area contributed by atoms with E-state index in [4.69, 9.17) is 21.1 Å². The summed E-state index contributed by atoms with van der Waals surface area (Å²) in [4.78, 5) is 49.9. The number of carbonyl (C=O) groups is 3. The molecule has 4 amide bonds. The molecular formula is C27H18ClF3IN3O7. The number of nitro benzene ring substituents is 1. The topological polar surface area (TPSA) is 128 Å². The quantitative estimate of drug-likeness (QED) is 0.0914. The van der Waals surface area contributed by atoms with Crippen LogP contribution in [0.25, 0.3) is 6.08 Å². The smallest absolute Gasteiger partial charge is 0.416 e. The Hall–Kier alpha value is -4.18. The van der Waals surface area contributed by atoms with Gasteiger partial charge in [-0.15, -0.1) is 0 Å². The second kappa shape index (κ2) is 12.0. The minimum Gasteiger partial charge on any atom is -0.490 e. The van der Waals surface area contributed by atoms with Crippen molar-refractivity contribution in [3.8, 4) is 17.2 Å². The van der Waals surface area contributed by atoms with Crippen LogP contribution in [-0.4, -0.2) is 29.4 Å². The maximum Gasteiger partial charge on any atom is 0.416 e. The van der Waals surface area contributed by atoms with Crippen LogP contribution in [0.3, 0.4) is 0 Å². The van der Waals surface area contributed by atoms with Crippen LogP contribution in [0.1, 0.15) is 23.6 Å². The fourth-order valence-electron chi connectivity index (χ4n) is 3.95. The maximum atomic E-state index is 13.3. The molecule has 0 spiro atoms. The third-order valence-corrected chi connectivity index (χ3v) is 7.13. The highest BCUT2D eigenvalue weighted by Gasteiger charge is 2.38. The normalized spacial score (nSPS) is 14.7. The first kappa shape index (κ1) is 30.8. The number of anilines is 1. The number of urea groups is 1. The summed E-state index contributed by atoms with van der Waals surface area (Å²) >= 11 is 7.96. The first-order valence-electron chi connectivity index (χ1n) is 11.9. The van der Waals surface area contributed by atoms with Gasteiger partial charge in [-0.25, -0.2) is 9.69 Å². The number of carbonyl (C=O) groups excluding carboxylic acids is 3. The average Bonchev–Trinajstić information content (AvgIpc) is 2.90. The predicted molar refractivity (Wildman–Crippen MR) is 154 cm³/mol. The van der Waals surface area contributed by atoms with Gasteiger partial charge in [0.25, 0.3) is 11.8 Å². The minimum absolute atomic E-state index is 0.0210. The Balaban J connectivity index is 1.76. The lowest BCUT2D eigenvalue weighted by atomic mass is 10.1. The molecule has 0 atom stereocenters. The number of ether oxygens (including phenoxy) is 2. The van der Waals surface area contributed by atoms with Crippen LogP contribution in [0.15, 0.2) is 54.1 Å². The van der Waals surface area contributed by atoms with Gasteiger partial charge in [0.2, 0.25) is 5.75 Å². The van der Waals surface area contributed by atoms with Gasteiger partial charge in [-0.3, -0.25) is 25.0 Å². The lowest BCUT2D eigenvalue weighted by Gasteiger charge is -2.27. The molecule has 15 heteroatoms. The summed E-state index contributed by atoms with van der Waals surface area (Å²) in [7, 11) is 0. The highest BCUT2D eigenvalue weighted by molar-refractivity contribution is 14.1. The van der Waals surface area contributed by atoms with Crippen molar-refractivity contribution in [3.05, 3.63) is 89.5 Å². The molecule has 1 aliphatic heterocycles. The van der Waals surface area contributed by atoms with Crippen LogP contribution >= 0.6 is 34.2 Å². The molecule has 1 saturated heterocycles. The Kier molecular flexibility index (Phi) is 8.77. The monoisotopic (exact) mass is 715 g/mol. The number of nitrogens with zero attached hydrogens (tertiary/aromatic N) is 2. The molecule has 3 aromatic carbocycles.